The second-order valence-corrected chi connectivity index (χ2v) is 6.19. The van der Waals surface area contributed by atoms with E-state index in [0.29, 0.717) is 17.5 Å². The van der Waals surface area contributed by atoms with E-state index in [2.05, 4.69) is 18.3 Å². The molecule has 2 aromatic rings. The fraction of sp³-hybridized carbons (Fsp3) is 0.412. The van der Waals surface area contributed by atoms with Gasteiger partial charge in [0.1, 0.15) is 17.3 Å². The van der Waals surface area contributed by atoms with Crippen LogP contribution in [-0.4, -0.2) is 7.11 Å². The Kier molecular flexibility index (Phi) is 3.85. The van der Waals surface area contributed by atoms with Gasteiger partial charge in [-0.05, 0) is 43.0 Å². The first-order valence-electron chi connectivity index (χ1n) is 7.25. The maximum Gasteiger partial charge on any atom is 0.143 e. The molecule has 112 valence electrons. The lowest BCUT2D eigenvalue weighted by molar-refractivity contribution is 0.416. The van der Waals surface area contributed by atoms with Crippen molar-refractivity contribution >= 4 is 17.3 Å². The molecule has 0 bridgehead atoms. The molecule has 1 N–H and O–H groups in total. The van der Waals surface area contributed by atoms with Gasteiger partial charge in [-0.1, -0.05) is 18.5 Å². The van der Waals surface area contributed by atoms with Crippen LogP contribution in [0.25, 0.3) is 0 Å². The zero-order valence-electron chi connectivity index (χ0n) is 12.6. The molecule has 1 aliphatic rings. The molecule has 1 aliphatic carbocycles. The van der Waals surface area contributed by atoms with Gasteiger partial charge in [0.15, 0.2) is 0 Å². The molecule has 2 unspecified atom stereocenters. The van der Waals surface area contributed by atoms with E-state index in [9.17, 15) is 0 Å². The lowest BCUT2D eigenvalue weighted by atomic mass is 10.2. The fourth-order valence-electron chi connectivity index (χ4n) is 2.56. The fourth-order valence-corrected chi connectivity index (χ4v) is 2.71. The summed E-state index contributed by atoms with van der Waals surface area (Å²) in [7, 11) is 1.64. The Morgan fingerprint density at radius 2 is 2.14 bits per heavy atom. The van der Waals surface area contributed by atoms with E-state index in [1.807, 2.05) is 25.1 Å². The summed E-state index contributed by atoms with van der Waals surface area (Å²) in [6.07, 6.45) is 1.24. The van der Waals surface area contributed by atoms with Gasteiger partial charge in [0.05, 0.1) is 19.3 Å². The molecule has 0 spiro atoms. The Hall–Kier alpha value is -1.61. The van der Waals surface area contributed by atoms with Gasteiger partial charge in [0.25, 0.3) is 0 Å². The molecule has 3 rings (SSSR count). The monoisotopic (exact) mass is 305 g/mol. The van der Waals surface area contributed by atoms with Crippen molar-refractivity contribution in [3.8, 4) is 5.75 Å². The maximum atomic E-state index is 6.11. The van der Waals surface area contributed by atoms with E-state index in [1.165, 1.54) is 6.42 Å². The molecule has 1 saturated carbocycles. The molecule has 2 atom stereocenters. The molecule has 21 heavy (non-hydrogen) atoms. The minimum Gasteiger partial charge on any atom is -0.495 e. The quantitative estimate of drug-likeness (QED) is 0.845. The van der Waals surface area contributed by atoms with Gasteiger partial charge in [0, 0.05) is 17.0 Å². The van der Waals surface area contributed by atoms with Crippen molar-refractivity contribution in [2.45, 2.75) is 32.7 Å². The second kappa shape index (κ2) is 5.64. The number of halogens is 1. The molecule has 4 heteroatoms. The topological polar surface area (TPSA) is 34.4 Å². The predicted octanol–water partition coefficient (Wildman–Crippen LogP) is 4.99. The Morgan fingerprint density at radius 1 is 1.38 bits per heavy atom. The van der Waals surface area contributed by atoms with Crippen molar-refractivity contribution in [3.63, 3.8) is 0 Å². The normalized spacial score (nSPS) is 20.4. The molecule has 1 fully saturated rings. The number of hydrogen-bond donors (Lipinski definition) is 1. The first-order chi connectivity index (χ1) is 10.1. The molecular weight excluding hydrogens is 286 g/mol. The summed E-state index contributed by atoms with van der Waals surface area (Å²) in [6.45, 7) is 4.87. The highest BCUT2D eigenvalue weighted by Crippen LogP contribution is 2.47. The number of hydrogen-bond acceptors (Lipinski definition) is 3. The van der Waals surface area contributed by atoms with Crippen LogP contribution in [0.2, 0.25) is 5.02 Å². The van der Waals surface area contributed by atoms with Gasteiger partial charge in [-0.2, -0.15) is 0 Å². The van der Waals surface area contributed by atoms with E-state index >= 15 is 0 Å². The SMILES string of the molecule is COc1cc(Cl)c(C)cc1NCc1ccc(C2CC2C)o1. The summed E-state index contributed by atoms with van der Waals surface area (Å²) < 4.78 is 11.3. The third kappa shape index (κ3) is 3.03. The molecule has 0 aliphatic heterocycles. The Labute approximate surface area is 130 Å². The van der Waals surface area contributed by atoms with Crippen molar-refractivity contribution in [3.05, 3.63) is 46.4 Å². The third-order valence-corrected chi connectivity index (χ3v) is 4.50. The molecular formula is C17H20ClNO2. The standard InChI is InChI=1S/C17H20ClNO2/c1-10-6-13(10)16-5-4-12(21-16)9-19-15-7-11(2)14(18)8-17(15)20-3/h4-5,7-8,10,13,19H,6,9H2,1-3H3. The largest absolute Gasteiger partial charge is 0.495 e. The molecule has 3 nitrogen and oxygen atoms in total. The van der Waals surface area contributed by atoms with Gasteiger partial charge >= 0.3 is 0 Å². The Morgan fingerprint density at radius 3 is 2.81 bits per heavy atom. The third-order valence-electron chi connectivity index (χ3n) is 4.09. The van der Waals surface area contributed by atoms with E-state index in [4.69, 9.17) is 20.8 Å². The van der Waals surface area contributed by atoms with Crippen molar-refractivity contribution in [1.82, 2.24) is 0 Å². The lowest BCUT2D eigenvalue weighted by Crippen LogP contribution is -2.01. The van der Waals surface area contributed by atoms with Crippen molar-refractivity contribution in [1.29, 1.82) is 0 Å². The van der Waals surface area contributed by atoms with Crippen LogP contribution in [0, 0.1) is 12.8 Å². The zero-order chi connectivity index (χ0) is 15.0. The Balaban J connectivity index is 1.69. The van der Waals surface area contributed by atoms with Crippen LogP contribution in [0.3, 0.4) is 0 Å². The van der Waals surface area contributed by atoms with Crippen LogP contribution in [0.4, 0.5) is 5.69 Å². The smallest absolute Gasteiger partial charge is 0.143 e. The number of rotatable bonds is 5. The van der Waals surface area contributed by atoms with Gasteiger partial charge in [-0.3, -0.25) is 0 Å². The van der Waals surface area contributed by atoms with Crippen LogP contribution in [-0.2, 0) is 6.54 Å². The average Bonchev–Trinajstić information content (AvgIpc) is 3.01. The van der Waals surface area contributed by atoms with Gasteiger partial charge in [-0.15, -0.1) is 0 Å². The predicted molar refractivity (Wildman–Crippen MR) is 85.3 cm³/mol. The maximum absolute atomic E-state index is 6.11. The van der Waals surface area contributed by atoms with Crippen LogP contribution >= 0.6 is 11.6 Å². The van der Waals surface area contributed by atoms with Gasteiger partial charge in [0.2, 0.25) is 0 Å². The number of methoxy groups -OCH3 is 1. The molecule has 1 aromatic heterocycles. The minimum atomic E-state index is 0.617. The average molecular weight is 306 g/mol. The van der Waals surface area contributed by atoms with Gasteiger partial charge in [-0.25, -0.2) is 0 Å². The molecule has 0 saturated heterocycles. The molecule has 0 amide bonds. The van der Waals surface area contributed by atoms with E-state index in [0.717, 1.165) is 34.4 Å². The highest BCUT2D eigenvalue weighted by Gasteiger charge is 2.36. The highest BCUT2D eigenvalue weighted by atomic mass is 35.5. The molecule has 0 radical (unpaired) electrons. The van der Waals surface area contributed by atoms with Gasteiger partial charge < -0.3 is 14.5 Å². The first kappa shape index (κ1) is 14.3. The number of aryl methyl sites for hydroxylation is 1. The van der Waals surface area contributed by atoms with E-state index in [1.54, 1.807) is 7.11 Å². The summed E-state index contributed by atoms with van der Waals surface area (Å²) in [5.41, 5.74) is 1.95. The van der Waals surface area contributed by atoms with Crippen molar-refractivity contribution in [2.75, 3.05) is 12.4 Å². The Bertz CT molecular complexity index is 650. The zero-order valence-corrected chi connectivity index (χ0v) is 13.3. The summed E-state index contributed by atoms with van der Waals surface area (Å²) in [5.74, 6) is 4.17. The summed E-state index contributed by atoms with van der Waals surface area (Å²) >= 11 is 6.11. The lowest BCUT2D eigenvalue weighted by Gasteiger charge is -2.12. The second-order valence-electron chi connectivity index (χ2n) is 5.78. The van der Waals surface area contributed by atoms with Crippen LogP contribution in [0.15, 0.2) is 28.7 Å². The molecule has 1 aromatic carbocycles. The number of furan rings is 1. The molecule has 1 heterocycles. The van der Waals surface area contributed by atoms with E-state index in [-0.39, 0.29) is 0 Å². The number of ether oxygens (including phenoxy) is 1. The number of nitrogens with one attached hydrogen (secondary N) is 1. The van der Waals surface area contributed by atoms with Crippen molar-refractivity contribution in [2.24, 2.45) is 5.92 Å². The van der Waals surface area contributed by atoms with Crippen LogP contribution in [0.1, 0.15) is 36.3 Å². The highest BCUT2D eigenvalue weighted by molar-refractivity contribution is 6.31. The summed E-state index contributed by atoms with van der Waals surface area (Å²) in [5, 5.41) is 4.06. The van der Waals surface area contributed by atoms with Crippen LogP contribution < -0.4 is 10.1 Å². The van der Waals surface area contributed by atoms with E-state index < -0.39 is 0 Å². The summed E-state index contributed by atoms with van der Waals surface area (Å²) in [6, 6.07) is 7.96. The number of benzene rings is 1. The first-order valence-corrected chi connectivity index (χ1v) is 7.63. The van der Waals surface area contributed by atoms with Crippen molar-refractivity contribution < 1.29 is 9.15 Å². The number of anilines is 1. The minimum absolute atomic E-state index is 0.617. The summed E-state index contributed by atoms with van der Waals surface area (Å²) in [4.78, 5) is 0. The van der Waals surface area contributed by atoms with Crippen LogP contribution in [0.5, 0.6) is 5.75 Å².